The molecule has 7 heteroatoms. The molecule has 1 heterocycles. The summed E-state index contributed by atoms with van der Waals surface area (Å²) < 4.78 is 5.69. The van der Waals surface area contributed by atoms with Gasteiger partial charge in [0.25, 0.3) is 0 Å². The summed E-state index contributed by atoms with van der Waals surface area (Å²) in [4.78, 5) is 23.1. The summed E-state index contributed by atoms with van der Waals surface area (Å²) in [5, 5.41) is 3.19. The Hall–Kier alpha value is -2.28. The second kappa shape index (κ2) is 10.3. The molecule has 1 saturated carbocycles. The zero-order valence-corrected chi connectivity index (χ0v) is 17.1. The Kier molecular flexibility index (Phi) is 7.54. The van der Waals surface area contributed by atoms with Gasteiger partial charge in [-0.15, -0.1) is 0 Å². The molecule has 7 nitrogen and oxygen atoms in total. The number of hydrogen-bond acceptors (Lipinski definition) is 4. The van der Waals surface area contributed by atoms with E-state index in [0.29, 0.717) is 6.61 Å². The predicted molar refractivity (Wildman–Crippen MR) is 113 cm³/mol. The monoisotopic (exact) mass is 387 g/mol. The van der Waals surface area contributed by atoms with Gasteiger partial charge in [0.2, 0.25) is 5.91 Å². The molecule has 1 aliphatic heterocycles. The number of rotatable bonds is 8. The molecular weight excluding hydrogens is 354 g/mol. The highest BCUT2D eigenvalue weighted by Gasteiger charge is 2.22. The first kappa shape index (κ1) is 20.5. The minimum Gasteiger partial charge on any atom is -0.379 e. The lowest BCUT2D eigenvalue weighted by Gasteiger charge is -2.36. The van der Waals surface area contributed by atoms with Gasteiger partial charge in [0.15, 0.2) is 5.96 Å². The lowest BCUT2D eigenvalue weighted by molar-refractivity contribution is -0.130. The highest BCUT2D eigenvalue weighted by molar-refractivity contribution is 5.86. The van der Waals surface area contributed by atoms with Gasteiger partial charge in [-0.1, -0.05) is 18.2 Å². The third-order valence-corrected chi connectivity index (χ3v) is 5.35. The third kappa shape index (κ3) is 6.12. The Morgan fingerprint density at radius 3 is 2.57 bits per heavy atom. The fraction of sp³-hybridized carbons (Fsp3) is 0.619. The van der Waals surface area contributed by atoms with Crippen molar-refractivity contribution >= 4 is 17.6 Å². The molecule has 2 aliphatic rings. The van der Waals surface area contributed by atoms with Gasteiger partial charge in [-0.25, -0.2) is 0 Å². The average Bonchev–Trinajstić information content (AvgIpc) is 3.57. The number of ether oxygens (including phenoxy) is 1. The van der Waals surface area contributed by atoms with Gasteiger partial charge in [-0.05, 0) is 30.9 Å². The number of aliphatic imine (C=N–C) groups is 1. The van der Waals surface area contributed by atoms with E-state index in [1.165, 1.54) is 18.5 Å². The van der Waals surface area contributed by atoms with Crippen molar-refractivity contribution in [1.29, 1.82) is 0 Å². The molecule has 1 aromatic carbocycles. The van der Waals surface area contributed by atoms with Crippen LogP contribution in [0.3, 0.4) is 0 Å². The van der Waals surface area contributed by atoms with Gasteiger partial charge in [-0.3, -0.25) is 9.79 Å². The van der Waals surface area contributed by atoms with E-state index in [4.69, 9.17) is 4.74 Å². The first-order valence-corrected chi connectivity index (χ1v) is 10.2. The highest BCUT2D eigenvalue weighted by atomic mass is 16.5. The quantitative estimate of drug-likeness (QED) is 0.414. The molecular formula is C21H33N5O2. The average molecular weight is 388 g/mol. The summed E-state index contributed by atoms with van der Waals surface area (Å²) in [5.74, 6) is 1.63. The number of piperazine rings is 1. The molecule has 0 aromatic heterocycles. The molecule has 28 heavy (non-hydrogen) atoms. The van der Waals surface area contributed by atoms with Crippen LogP contribution in [0.25, 0.3) is 0 Å². The highest BCUT2D eigenvalue weighted by Crippen LogP contribution is 2.28. The molecule has 0 atom stereocenters. The summed E-state index contributed by atoms with van der Waals surface area (Å²) in [6.45, 7) is 5.81. The van der Waals surface area contributed by atoms with Crippen molar-refractivity contribution in [3.8, 4) is 0 Å². The standard InChI is InChI=1S/C21H33N5O2/c1-22-21(24(2)14-15-28-17-18-8-9-18)23-16-20(27)26-12-10-25(11-13-26)19-6-4-3-5-7-19/h3-7,18H,8-17H2,1-2H3,(H,22,23). The van der Waals surface area contributed by atoms with Gasteiger partial charge < -0.3 is 24.8 Å². The number of hydrogen-bond donors (Lipinski definition) is 1. The van der Waals surface area contributed by atoms with Gasteiger partial charge in [0.1, 0.15) is 0 Å². The van der Waals surface area contributed by atoms with E-state index in [9.17, 15) is 4.79 Å². The van der Waals surface area contributed by atoms with Crippen LogP contribution in [0.2, 0.25) is 0 Å². The minimum absolute atomic E-state index is 0.118. The van der Waals surface area contributed by atoms with Gasteiger partial charge in [-0.2, -0.15) is 0 Å². The molecule has 1 N–H and O–H groups in total. The largest absolute Gasteiger partial charge is 0.379 e. The van der Waals surface area contributed by atoms with E-state index in [-0.39, 0.29) is 12.5 Å². The van der Waals surface area contributed by atoms with E-state index in [0.717, 1.165) is 51.2 Å². The number of carbonyl (C=O) groups is 1. The third-order valence-electron chi connectivity index (χ3n) is 5.35. The Labute approximate surface area is 168 Å². The molecule has 2 fully saturated rings. The predicted octanol–water partition coefficient (Wildman–Crippen LogP) is 1.27. The van der Waals surface area contributed by atoms with Crippen molar-refractivity contribution in [3.63, 3.8) is 0 Å². The zero-order chi connectivity index (χ0) is 19.8. The molecule has 154 valence electrons. The number of amides is 1. The number of likely N-dealkylation sites (N-methyl/N-ethyl adjacent to an activating group) is 1. The fourth-order valence-electron chi connectivity index (χ4n) is 3.35. The Balaban J connectivity index is 1.35. The molecule has 1 aliphatic carbocycles. The summed E-state index contributed by atoms with van der Waals surface area (Å²) in [6.07, 6.45) is 2.61. The van der Waals surface area contributed by atoms with E-state index < -0.39 is 0 Å². The van der Waals surface area contributed by atoms with Crippen molar-refractivity contribution < 1.29 is 9.53 Å². The number of anilines is 1. The van der Waals surface area contributed by atoms with Crippen molar-refractivity contribution in [2.75, 3.05) is 71.5 Å². The normalized spacial score (nSPS) is 17.6. The second-order valence-electron chi connectivity index (χ2n) is 7.54. The summed E-state index contributed by atoms with van der Waals surface area (Å²) in [5.41, 5.74) is 1.22. The number of carbonyl (C=O) groups excluding carboxylic acids is 1. The van der Waals surface area contributed by atoms with Crippen molar-refractivity contribution in [2.24, 2.45) is 10.9 Å². The van der Waals surface area contributed by atoms with Crippen LogP contribution in [0.1, 0.15) is 12.8 Å². The second-order valence-corrected chi connectivity index (χ2v) is 7.54. The summed E-state index contributed by atoms with van der Waals surface area (Å²) >= 11 is 0. The maximum Gasteiger partial charge on any atom is 0.242 e. The maximum absolute atomic E-state index is 12.6. The SMILES string of the molecule is CN=C(NCC(=O)N1CCN(c2ccccc2)CC1)N(C)CCOCC1CC1. The number of nitrogens with one attached hydrogen (secondary N) is 1. The number of nitrogens with zero attached hydrogens (tertiary/aromatic N) is 4. The van der Waals surface area contributed by atoms with E-state index >= 15 is 0 Å². The van der Waals surface area contributed by atoms with Crippen LogP contribution in [-0.4, -0.2) is 88.2 Å². The van der Waals surface area contributed by atoms with Crippen LogP contribution in [0.4, 0.5) is 5.69 Å². The van der Waals surface area contributed by atoms with Crippen molar-refractivity contribution in [2.45, 2.75) is 12.8 Å². The molecule has 0 radical (unpaired) electrons. The first-order valence-electron chi connectivity index (χ1n) is 10.2. The summed E-state index contributed by atoms with van der Waals surface area (Å²) in [7, 11) is 3.71. The zero-order valence-electron chi connectivity index (χ0n) is 17.1. The lowest BCUT2D eigenvalue weighted by atomic mass is 10.2. The Morgan fingerprint density at radius 2 is 1.93 bits per heavy atom. The number of para-hydroxylation sites is 1. The van der Waals surface area contributed by atoms with Crippen LogP contribution in [0.15, 0.2) is 35.3 Å². The minimum atomic E-state index is 0.118. The van der Waals surface area contributed by atoms with Crippen LogP contribution in [-0.2, 0) is 9.53 Å². The van der Waals surface area contributed by atoms with Gasteiger partial charge in [0.05, 0.1) is 13.2 Å². The number of benzene rings is 1. The van der Waals surface area contributed by atoms with Crippen molar-refractivity contribution in [1.82, 2.24) is 15.1 Å². The smallest absolute Gasteiger partial charge is 0.242 e. The molecule has 0 bridgehead atoms. The van der Waals surface area contributed by atoms with E-state index in [1.54, 1.807) is 7.05 Å². The van der Waals surface area contributed by atoms with Crippen LogP contribution in [0.5, 0.6) is 0 Å². The molecule has 0 spiro atoms. The lowest BCUT2D eigenvalue weighted by Crippen LogP contribution is -2.52. The van der Waals surface area contributed by atoms with E-state index in [2.05, 4.69) is 39.5 Å². The topological polar surface area (TPSA) is 60.4 Å². The van der Waals surface area contributed by atoms with Gasteiger partial charge >= 0.3 is 0 Å². The fourth-order valence-corrected chi connectivity index (χ4v) is 3.35. The molecule has 0 unspecified atom stereocenters. The van der Waals surface area contributed by atoms with Crippen LogP contribution in [0, 0.1) is 5.92 Å². The first-order chi connectivity index (χ1) is 13.7. The number of guanidine groups is 1. The Bertz CT molecular complexity index is 639. The maximum atomic E-state index is 12.6. The van der Waals surface area contributed by atoms with Crippen molar-refractivity contribution in [3.05, 3.63) is 30.3 Å². The molecule has 1 amide bonds. The van der Waals surface area contributed by atoms with Gasteiger partial charge in [0, 0.05) is 59.1 Å². The van der Waals surface area contributed by atoms with E-state index in [1.807, 2.05) is 22.9 Å². The van der Waals surface area contributed by atoms with Crippen LogP contribution >= 0.6 is 0 Å². The molecule has 1 aromatic rings. The van der Waals surface area contributed by atoms with Crippen LogP contribution < -0.4 is 10.2 Å². The Morgan fingerprint density at radius 1 is 1.21 bits per heavy atom. The summed E-state index contributed by atoms with van der Waals surface area (Å²) in [6, 6.07) is 10.4. The molecule has 1 saturated heterocycles. The molecule has 3 rings (SSSR count).